The van der Waals surface area contributed by atoms with E-state index in [9.17, 15) is 19.3 Å². The second kappa shape index (κ2) is 9.65. The Kier molecular flexibility index (Phi) is 6.90. The summed E-state index contributed by atoms with van der Waals surface area (Å²) in [5.41, 5.74) is 2.80. The number of rotatable bonds is 6. The number of benzene rings is 2. The highest BCUT2D eigenvalue weighted by Gasteiger charge is 2.19. The molecule has 1 amide bonds. The van der Waals surface area contributed by atoms with Gasteiger partial charge in [0.05, 0.1) is 22.5 Å². The molecule has 0 fully saturated rings. The summed E-state index contributed by atoms with van der Waals surface area (Å²) >= 11 is 0. The molecule has 4 rings (SSSR count). The lowest BCUT2D eigenvalue weighted by molar-refractivity contribution is -0.387. The normalized spacial score (nSPS) is 10.6. The zero-order valence-electron chi connectivity index (χ0n) is 18.2. The SMILES string of the molecule is C.CCC(=O)Nc1cnc(Nc2cc([N+](=O)[O-])c(F)cc2C)nc1-c1cn(C)c2ccccc12. The Bertz CT molecular complexity index is 1400. The molecule has 0 aliphatic heterocycles. The van der Waals surface area contributed by atoms with Gasteiger partial charge in [-0.2, -0.15) is 4.39 Å². The number of amides is 1. The Morgan fingerprint density at radius 1 is 1.24 bits per heavy atom. The second-order valence-electron chi connectivity index (χ2n) is 7.53. The average molecular weight is 465 g/mol. The van der Waals surface area contributed by atoms with Crippen LogP contribution < -0.4 is 10.6 Å². The van der Waals surface area contributed by atoms with Crippen LogP contribution in [0.2, 0.25) is 0 Å². The monoisotopic (exact) mass is 464 g/mol. The van der Waals surface area contributed by atoms with Gasteiger partial charge in [-0.05, 0) is 24.6 Å². The molecule has 0 spiro atoms. The molecule has 0 atom stereocenters. The summed E-state index contributed by atoms with van der Waals surface area (Å²) in [4.78, 5) is 31.3. The highest BCUT2D eigenvalue weighted by atomic mass is 19.1. The molecule has 34 heavy (non-hydrogen) atoms. The minimum atomic E-state index is -0.918. The first-order valence-electron chi connectivity index (χ1n) is 10.2. The molecule has 176 valence electrons. The summed E-state index contributed by atoms with van der Waals surface area (Å²) in [6.45, 7) is 3.37. The number of hydrogen-bond acceptors (Lipinski definition) is 6. The van der Waals surface area contributed by atoms with Crippen molar-refractivity contribution in [1.82, 2.24) is 14.5 Å². The lowest BCUT2D eigenvalue weighted by Crippen LogP contribution is -2.12. The van der Waals surface area contributed by atoms with E-state index in [1.54, 1.807) is 13.8 Å². The molecule has 0 saturated heterocycles. The maximum atomic E-state index is 13.9. The van der Waals surface area contributed by atoms with Gasteiger partial charge in [0.15, 0.2) is 0 Å². The first-order valence-corrected chi connectivity index (χ1v) is 10.2. The van der Waals surface area contributed by atoms with Crippen molar-refractivity contribution in [2.24, 2.45) is 7.05 Å². The molecule has 0 aliphatic rings. The molecule has 0 unspecified atom stereocenters. The van der Waals surface area contributed by atoms with Crippen molar-refractivity contribution in [3.05, 3.63) is 70.3 Å². The molecular formula is C24H25FN6O3. The fourth-order valence-corrected chi connectivity index (χ4v) is 3.56. The molecule has 0 radical (unpaired) electrons. The third-order valence-corrected chi connectivity index (χ3v) is 5.27. The summed E-state index contributed by atoms with van der Waals surface area (Å²) in [7, 11) is 1.91. The number of fused-ring (bicyclic) bond motifs is 1. The van der Waals surface area contributed by atoms with E-state index in [1.807, 2.05) is 42.1 Å². The molecular weight excluding hydrogens is 439 g/mol. The fourth-order valence-electron chi connectivity index (χ4n) is 3.56. The molecule has 0 bridgehead atoms. The van der Waals surface area contributed by atoms with E-state index < -0.39 is 16.4 Å². The van der Waals surface area contributed by atoms with E-state index in [-0.39, 0.29) is 25.7 Å². The van der Waals surface area contributed by atoms with Crippen LogP contribution in [-0.4, -0.2) is 25.4 Å². The Hall–Kier alpha value is -4.34. The average Bonchev–Trinajstić information content (AvgIpc) is 3.12. The molecule has 9 nitrogen and oxygen atoms in total. The topological polar surface area (TPSA) is 115 Å². The number of nitro benzene ring substituents is 1. The number of carbonyl (C=O) groups is 1. The van der Waals surface area contributed by atoms with Crippen molar-refractivity contribution in [1.29, 1.82) is 0 Å². The minimum absolute atomic E-state index is 0. The Morgan fingerprint density at radius 2 is 1.97 bits per heavy atom. The van der Waals surface area contributed by atoms with Gasteiger partial charge >= 0.3 is 5.69 Å². The Balaban J connectivity index is 0.00000324. The van der Waals surface area contributed by atoms with Crippen LogP contribution in [0.15, 0.2) is 48.8 Å². The fraction of sp³-hybridized carbons (Fsp3) is 0.208. The van der Waals surface area contributed by atoms with Gasteiger partial charge in [-0.3, -0.25) is 14.9 Å². The summed E-state index contributed by atoms with van der Waals surface area (Å²) in [5, 5.41) is 17.8. The molecule has 2 aromatic heterocycles. The highest BCUT2D eigenvalue weighted by molar-refractivity contribution is 6.01. The summed E-state index contributed by atoms with van der Waals surface area (Å²) in [6, 6.07) is 9.98. The van der Waals surface area contributed by atoms with Gasteiger partial charge < -0.3 is 15.2 Å². The quantitative estimate of drug-likeness (QED) is 0.279. The van der Waals surface area contributed by atoms with Crippen molar-refractivity contribution in [3.8, 4) is 11.3 Å². The summed E-state index contributed by atoms with van der Waals surface area (Å²) < 4.78 is 15.9. The third kappa shape index (κ3) is 4.56. The zero-order chi connectivity index (χ0) is 23.7. The van der Waals surface area contributed by atoms with E-state index in [0.717, 1.165) is 28.6 Å². The number of aryl methyl sites for hydroxylation is 2. The van der Waals surface area contributed by atoms with Gasteiger partial charge in [-0.1, -0.05) is 32.5 Å². The first kappa shape index (κ1) is 24.3. The number of nitrogens with zero attached hydrogens (tertiary/aromatic N) is 4. The standard InChI is InChI=1S/C23H21FN6O3.CH4/c1-4-21(31)26-18-11-25-23(27-17-10-20(30(32)33)16(24)9-13(17)2)28-22(18)15-12-29(3)19-8-6-5-7-14(15)19;/h5-12H,4H2,1-3H3,(H,26,31)(H,25,27,28);1H4. The molecule has 4 aromatic rings. The molecule has 10 heteroatoms. The van der Waals surface area contributed by atoms with Gasteiger partial charge in [0.25, 0.3) is 0 Å². The van der Waals surface area contributed by atoms with Crippen molar-refractivity contribution < 1.29 is 14.1 Å². The van der Waals surface area contributed by atoms with Crippen LogP contribution in [0.25, 0.3) is 22.2 Å². The molecule has 2 heterocycles. The van der Waals surface area contributed by atoms with E-state index in [2.05, 4.69) is 20.6 Å². The zero-order valence-corrected chi connectivity index (χ0v) is 18.2. The van der Waals surface area contributed by atoms with Crippen molar-refractivity contribution in [2.45, 2.75) is 27.7 Å². The van der Waals surface area contributed by atoms with Crippen LogP contribution in [0.4, 0.5) is 27.4 Å². The molecule has 0 aliphatic carbocycles. The number of nitrogens with one attached hydrogen (secondary N) is 2. The largest absolute Gasteiger partial charge is 0.350 e. The highest BCUT2D eigenvalue weighted by Crippen LogP contribution is 2.35. The maximum absolute atomic E-state index is 13.9. The van der Waals surface area contributed by atoms with E-state index in [4.69, 9.17) is 0 Å². The maximum Gasteiger partial charge on any atom is 0.306 e. The lowest BCUT2D eigenvalue weighted by Gasteiger charge is -2.13. The number of nitro groups is 1. The smallest absolute Gasteiger partial charge is 0.306 e. The number of anilines is 3. The van der Waals surface area contributed by atoms with Crippen LogP contribution >= 0.6 is 0 Å². The van der Waals surface area contributed by atoms with Crippen molar-refractivity contribution in [2.75, 3.05) is 10.6 Å². The predicted molar refractivity (Wildman–Crippen MR) is 131 cm³/mol. The predicted octanol–water partition coefficient (Wildman–Crippen LogP) is 5.72. The minimum Gasteiger partial charge on any atom is -0.350 e. The van der Waals surface area contributed by atoms with Gasteiger partial charge in [-0.15, -0.1) is 0 Å². The van der Waals surface area contributed by atoms with Crippen LogP contribution in [-0.2, 0) is 11.8 Å². The van der Waals surface area contributed by atoms with E-state index >= 15 is 0 Å². The van der Waals surface area contributed by atoms with Crippen LogP contribution in [0.3, 0.4) is 0 Å². The summed E-state index contributed by atoms with van der Waals surface area (Å²) in [5.74, 6) is -0.958. The van der Waals surface area contributed by atoms with Gasteiger partial charge in [0, 0.05) is 42.2 Å². The third-order valence-electron chi connectivity index (χ3n) is 5.27. The lowest BCUT2D eigenvalue weighted by atomic mass is 10.1. The van der Waals surface area contributed by atoms with E-state index in [0.29, 0.717) is 22.6 Å². The summed E-state index contributed by atoms with van der Waals surface area (Å²) in [6.07, 6.45) is 3.67. The molecule has 2 N–H and O–H groups in total. The van der Waals surface area contributed by atoms with Crippen LogP contribution in [0.1, 0.15) is 26.3 Å². The number of hydrogen-bond donors (Lipinski definition) is 2. The molecule has 0 saturated carbocycles. The van der Waals surface area contributed by atoms with E-state index in [1.165, 1.54) is 6.20 Å². The van der Waals surface area contributed by atoms with Gasteiger partial charge in [0.2, 0.25) is 17.7 Å². The van der Waals surface area contributed by atoms with Crippen LogP contribution in [0.5, 0.6) is 0 Å². The van der Waals surface area contributed by atoms with Gasteiger partial charge in [0.1, 0.15) is 5.69 Å². The first-order chi connectivity index (χ1) is 15.8. The van der Waals surface area contributed by atoms with Crippen molar-refractivity contribution in [3.63, 3.8) is 0 Å². The van der Waals surface area contributed by atoms with Crippen LogP contribution in [0, 0.1) is 22.9 Å². The van der Waals surface area contributed by atoms with Gasteiger partial charge in [-0.25, -0.2) is 9.97 Å². The number of halogens is 1. The second-order valence-corrected chi connectivity index (χ2v) is 7.53. The number of aromatic nitrogens is 3. The Labute approximate surface area is 195 Å². The number of para-hydroxylation sites is 1. The number of carbonyl (C=O) groups excluding carboxylic acids is 1. The van der Waals surface area contributed by atoms with Crippen molar-refractivity contribution >= 4 is 39.8 Å². The molecule has 2 aromatic carbocycles. The Morgan fingerprint density at radius 3 is 2.68 bits per heavy atom.